The average Bonchev–Trinajstić information content (AvgIpc) is 2.73. The molecule has 1 aromatic rings. The van der Waals surface area contributed by atoms with Crippen LogP contribution >= 0.6 is 11.8 Å². The highest BCUT2D eigenvalue weighted by atomic mass is 32.2. The molecule has 1 aliphatic heterocycles. The van der Waals surface area contributed by atoms with Crippen LogP contribution in [0.4, 0.5) is 14.5 Å². The molecule has 1 heterocycles. The van der Waals surface area contributed by atoms with Gasteiger partial charge in [0.2, 0.25) is 0 Å². The maximum atomic E-state index is 13.2. The summed E-state index contributed by atoms with van der Waals surface area (Å²) >= 11 is 1.92. The smallest absolute Gasteiger partial charge is 0.181 e. The molecular formula is C11H13F2NS. The molecule has 1 aromatic carbocycles. The number of anilines is 1. The highest BCUT2D eigenvalue weighted by Gasteiger charge is 2.16. The Hall–Kier alpha value is -0.770. The van der Waals surface area contributed by atoms with Crippen LogP contribution in [0.5, 0.6) is 0 Å². The van der Waals surface area contributed by atoms with Gasteiger partial charge >= 0.3 is 0 Å². The van der Waals surface area contributed by atoms with Crippen LogP contribution in [0.3, 0.4) is 0 Å². The fourth-order valence-corrected chi connectivity index (χ4v) is 2.92. The number of halogens is 2. The zero-order valence-electron chi connectivity index (χ0n) is 8.30. The third-order valence-electron chi connectivity index (χ3n) is 2.56. The second-order valence-corrected chi connectivity index (χ2v) is 4.86. The molecule has 0 aromatic heterocycles. The predicted octanol–water partition coefficient (Wildman–Crippen LogP) is 3.13. The topological polar surface area (TPSA) is 12.0 Å². The number of rotatable bonds is 3. The van der Waals surface area contributed by atoms with Gasteiger partial charge in [0.25, 0.3) is 0 Å². The fourth-order valence-electron chi connectivity index (χ4n) is 1.64. The van der Waals surface area contributed by atoms with E-state index in [0.717, 1.165) is 24.8 Å². The normalized spacial score (nSPS) is 20.5. The van der Waals surface area contributed by atoms with E-state index in [-0.39, 0.29) is 5.69 Å². The lowest BCUT2D eigenvalue weighted by atomic mass is 10.1. The molecule has 1 saturated heterocycles. The van der Waals surface area contributed by atoms with Crippen LogP contribution in [0.15, 0.2) is 18.2 Å². The van der Waals surface area contributed by atoms with Crippen LogP contribution in [0.25, 0.3) is 0 Å². The lowest BCUT2D eigenvalue weighted by molar-refractivity contribution is 0.509. The van der Waals surface area contributed by atoms with Crippen molar-refractivity contribution < 1.29 is 8.78 Å². The third-order valence-corrected chi connectivity index (χ3v) is 3.79. The maximum absolute atomic E-state index is 13.2. The fraction of sp³-hybridized carbons (Fsp3) is 0.455. The van der Waals surface area contributed by atoms with Crippen LogP contribution in [-0.4, -0.2) is 18.1 Å². The van der Waals surface area contributed by atoms with Crippen LogP contribution in [0, 0.1) is 17.6 Å². The molecule has 0 radical (unpaired) electrons. The van der Waals surface area contributed by atoms with E-state index >= 15 is 0 Å². The minimum absolute atomic E-state index is 0.270. The Morgan fingerprint density at radius 1 is 1.40 bits per heavy atom. The lowest BCUT2D eigenvalue weighted by Gasteiger charge is -2.11. The van der Waals surface area contributed by atoms with Gasteiger partial charge in [-0.3, -0.25) is 0 Å². The Morgan fingerprint density at radius 3 is 3.00 bits per heavy atom. The molecule has 4 heteroatoms. The minimum atomic E-state index is -0.791. The van der Waals surface area contributed by atoms with Crippen LogP contribution in [0.1, 0.15) is 6.42 Å². The van der Waals surface area contributed by atoms with Crippen LogP contribution in [0.2, 0.25) is 0 Å². The molecule has 0 aliphatic carbocycles. The monoisotopic (exact) mass is 229 g/mol. The van der Waals surface area contributed by atoms with Crippen molar-refractivity contribution in [1.29, 1.82) is 0 Å². The van der Waals surface area contributed by atoms with Gasteiger partial charge in [-0.15, -0.1) is 0 Å². The molecule has 1 fully saturated rings. The zero-order valence-corrected chi connectivity index (χ0v) is 9.12. The Kier molecular flexibility index (Phi) is 3.46. The van der Waals surface area contributed by atoms with Gasteiger partial charge in [-0.25, -0.2) is 8.78 Å². The number of hydrogen-bond acceptors (Lipinski definition) is 2. The number of nitrogens with one attached hydrogen (secondary N) is 1. The van der Waals surface area contributed by atoms with Gasteiger partial charge < -0.3 is 5.32 Å². The molecule has 2 rings (SSSR count). The largest absolute Gasteiger partial charge is 0.382 e. The van der Waals surface area contributed by atoms with Crippen molar-refractivity contribution in [1.82, 2.24) is 0 Å². The molecule has 0 amide bonds. The first-order valence-corrected chi connectivity index (χ1v) is 6.18. The van der Waals surface area contributed by atoms with E-state index in [1.54, 1.807) is 6.07 Å². The lowest BCUT2D eigenvalue weighted by Crippen LogP contribution is -2.14. The first kappa shape index (κ1) is 10.7. The van der Waals surface area contributed by atoms with Crippen molar-refractivity contribution in [2.24, 2.45) is 5.92 Å². The van der Waals surface area contributed by atoms with E-state index in [4.69, 9.17) is 0 Å². The highest BCUT2D eigenvalue weighted by Crippen LogP contribution is 2.24. The average molecular weight is 229 g/mol. The highest BCUT2D eigenvalue weighted by molar-refractivity contribution is 7.99. The van der Waals surface area contributed by atoms with E-state index in [1.165, 1.54) is 11.8 Å². The van der Waals surface area contributed by atoms with Crippen LogP contribution < -0.4 is 5.32 Å². The van der Waals surface area contributed by atoms with Crippen molar-refractivity contribution in [3.05, 3.63) is 29.8 Å². The third kappa shape index (κ3) is 2.62. The van der Waals surface area contributed by atoms with Crippen LogP contribution in [-0.2, 0) is 0 Å². The number of hydrogen-bond donors (Lipinski definition) is 1. The van der Waals surface area contributed by atoms with Crippen molar-refractivity contribution in [2.75, 3.05) is 23.4 Å². The van der Waals surface area contributed by atoms with Crippen molar-refractivity contribution in [3.63, 3.8) is 0 Å². The van der Waals surface area contributed by atoms with E-state index < -0.39 is 11.6 Å². The zero-order chi connectivity index (χ0) is 10.7. The summed E-state index contributed by atoms with van der Waals surface area (Å²) in [6.45, 7) is 0.730. The van der Waals surface area contributed by atoms with E-state index in [1.807, 2.05) is 11.8 Å². The summed E-state index contributed by atoms with van der Waals surface area (Å²) in [6.07, 6.45) is 1.16. The maximum Gasteiger partial charge on any atom is 0.181 e. The summed E-state index contributed by atoms with van der Waals surface area (Å²) in [5.41, 5.74) is 0.270. The Labute approximate surface area is 92.3 Å². The number of thioether (sulfide) groups is 1. The van der Waals surface area contributed by atoms with E-state index in [2.05, 4.69) is 5.32 Å². The van der Waals surface area contributed by atoms with Gasteiger partial charge in [0.1, 0.15) is 0 Å². The first-order chi connectivity index (χ1) is 7.27. The summed E-state index contributed by atoms with van der Waals surface area (Å²) in [6, 6.07) is 4.22. The minimum Gasteiger partial charge on any atom is -0.382 e. The van der Waals surface area contributed by atoms with Gasteiger partial charge in [-0.2, -0.15) is 11.8 Å². The van der Waals surface area contributed by atoms with Crippen molar-refractivity contribution >= 4 is 17.4 Å². The van der Waals surface area contributed by atoms with E-state index in [9.17, 15) is 8.78 Å². The Bertz CT molecular complexity index is 337. The SMILES string of the molecule is Fc1cccc(NCC2CCSC2)c1F. The molecule has 1 nitrogen and oxygen atoms in total. The Morgan fingerprint density at radius 2 is 2.27 bits per heavy atom. The summed E-state index contributed by atoms with van der Waals surface area (Å²) in [4.78, 5) is 0. The first-order valence-electron chi connectivity index (χ1n) is 5.03. The van der Waals surface area contributed by atoms with Gasteiger partial charge in [0.05, 0.1) is 5.69 Å². The van der Waals surface area contributed by atoms with Gasteiger partial charge in [0.15, 0.2) is 11.6 Å². The second kappa shape index (κ2) is 4.84. The quantitative estimate of drug-likeness (QED) is 0.854. The standard InChI is InChI=1S/C11H13F2NS/c12-9-2-1-3-10(11(9)13)14-6-8-4-5-15-7-8/h1-3,8,14H,4-7H2. The number of benzene rings is 1. The molecule has 0 bridgehead atoms. The summed E-state index contributed by atoms with van der Waals surface area (Å²) in [7, 11) is 0. The molecular weight excluding hydrogens is 216 g/mol. The van der Waals surface area contributed by atoms with Gasteiger partial charge in [-0.1, -0.05) is 6.07 Å². The summed E-state index contributed by atoms with van der Waals surface area (Å²) < 4.78 is 26.1. The molecule has 82 valence electrons. The molecule has 0 saturated carbocycles. The Balaban J connectivity index is 1.95. The molecule has 1 unspecified atom stereocenters. The second-order valence-electron chi connectivity index (χ2n) is 3.71. The molecule has 0 spiro atoms. The summed E-state index contributed by atoms with van der Waals surface area (Å²) in [5, 5.41) is 2.97. The van der Waals surface area contributed by atoms with Gasteiger partial charge in [-0.05, 0) is 36.0 Å². The predicted molar refractivity (Wildman–Crippen MR) is 60.3 cm³/mol. The summed E-state index contributed by atoms with van der Waals surface area (Å²) in [5.74, 6) is 1.31. The molecule has 1 atom stereocenters. The van der Waals surface area contributed by atoms with Gasteiger partial charge in [0, 0.05) is 6.54 Å². The van der Waals surface area contributed by atoms with Crippen molar-refractivity contribution in [2.45, 2.75) is 6.42 Å². The van der Waals surface area contributed by atoms with Crippen molar-refractivity contribution in [3.8, 4) is 0 Å². The molecule has 1 aliphatic rings. The van der Waals surface area contributed by atoms with E-state index in [0.29, 0.717) is 5.92 Å². The molecule has 1 N–H and O–H groups in total. The molecule has 15 heavy (non-hydrogen) atoms.